The van der Waals surface area contributed by atoms with Crippen LogP contribution in [0.2, 0.25) is 0 Å². The quantitative estimate of drug-likeness (QED) is 0.921. The van der Waals surface area contributed by atoms with Gasteiger partial charge in [0.05, 0.1) is 16.8 Å². The van der Waals surface area contributed by atoms with Gasteiger partial charge in [-0.05, 0) is 13.0 Å². The third kappa shape index (κ3) is 3.47. The van der Waals surface area contributed by atoms with Gasteiger partial charge in [-0.15, -0.1) is 0 Å². The van der Waals surface area contributed by atoms with E-state index in [0.717, 1.165) is 6.07 Å². The Morgan fingerprint density at radius 2 is 2.09 bits per heavy atom. The van der Waals surface area contributed by atoms with Crippen LogP contribution < -0.4 is 5.32 Å². The number of halogens is 3. The van der Waals surface area contributed by atoms with Gasteiger partial charge in [-0.3, -0.25) is 4.79 Å². The Hall–Kier alpha value is -2.31. The zero-order valence-corrected chi connectivity index (χ0v) is 12.1. The molecule has 1 heterocycles. The number of hydrogen-bond acceptors (Lipinski definition) is 3. The van der Waals surface area contributed by atoms with Gasteiger partial charge in [0.15, 0.2) is 5.89 Å². The largest absolute Gasteiger partial charge is 0.446 e. The maximum atomic E-state index is 13.8. The molecule has 0 saturated carbocycles. The van der Waals surface area contributed by atoms with Gasteiger partial charge in [-0.2, -0.15) is 0 Å². The van der Waals surface area contributed by atoms with Crippen LogP contribution in [0.4, 0.5) is 13.2 Å². The predicted octanol–water partition coefficient (Wildman–Crippen LogP) is 3.34. The molecule has 2 aromatic rings. The predicted molar refractivity (Wildman–Crippen MR) is 73.4 cm³/mol. The van der Waals surface area contributed by atoms with Crippen molar-refractivity contribution in [2.24, 2.45) is 0 Å². The number of nitrogens with one attached hydrogen (secondary N) is 1. The van der Waals surface area contributed by atoms with Gasteiger partial charge in [-0.1, -0.05) is 12.1 Å². The van der Waals surface area contributed by atoms with E-state index < -0.39 is 29.3 Å². The first-order valence-electron chi connectivity index (χ1n) is 6.67. The number of benzene rings is 1. The van der Waals surface area contributed by atoms with Gasteiger partial charge < -0.3 is 9.73 Å². The first kappa shape index (κ1) is 16.1. The molecule has 0 saturated heterocycles. The topological polar surface area (TPSA) is 55.1 Å². The minimum atomic E-state index is -2.96. The van der Waals surface area contributed by atoms with Crippen LogP contribution in [0.5, 0.6) is 0 Å². The number of hydrogen-bond donors (Lipinski definition) is 1. The van der Waals surface area contributed by atoms with Gasteiger partial charge >= 0.3 is 0 Å². The fraction of sp³-hybridized carbons (Fsp3) is 0.333. The zero-order valence-electron chi connectivity index (χ0n) is 12.1. The molecule has 1 amide bonds. The van der Waals surface area contributed by atoms with E-state index in [1.807, 2.05) is 0 Å². The molecule has 1 N–H and O–H groups in total. The van der Waals surface area contributed by atoms with Crippen molar-refractivity contribution in [3.05, 3.63) is 52.5 Å². The number of aryl methyl sites for hydroxylation is 2. The van der Waals surface area contributed by atoms with Gasteiger partial charge in [0.1, 0.15) is 11.6 Å². The second-order valence-corrected chi connectivity index (χ2v) is 4.75. The van der Waals surface area contributed by atoms with E-state index in [1.54, 1.807) is 13.8 Å². The summed E-state index contributed by atoms with van der Waals surface area (Å²) in [6.07, 6.45) is -2.56. The number of aromatic nitrogens is 1. The van der Waals surface area contributed by atoms with E-state index in [-0.39, 0.29) is 6.54 Å². The van der Waals surface area contributed by atoms with E-state index in [4.69, 9.17) is 4.42 Å². The smallest absolute Gasteiger partial charge is 0.266 e. The number of alkyl halides is 2. The van der Waals surface area contributed by atoms with Crippen LogP contribution in [-0.2, 0) is 6.42 Å². The molecular formula is C15H15F3N2O2. The van der Waals surface area contributed by atoms with Gasteiger partial charge in [0, 0.05) is 19.9 Å². The fourth-order valence-corrected chi connectivity index (χ4v) is 2.09. The fourth-order valence-electron chi connectivity index (χ4n) is 2.09. The molecule has 2 rings (SSSR count). The second-order valence-electron chi connectivity index (χ2n) is 4.75. The average molecular weight is 312 g/mol. The number of oxazole rings is 1. The minimum Gasteiger partial charge on any atom is -0.446 e. The minimum absolute atomic E-state index is 0.198. The summed E-state index contributed by atoms with van der Waals surface area (Å²) in [5, 5.41) is 2.49. The molecule has 0 spiro atoms. The van der Waals surface area contributed by atoms with Crippen molar-refractivity contribution in [3.8, 4) is 0 Å². The Morgan fingerprint density at radius 1 is 1.36 bits per heavy atom. The Labute approximate surface area is 125 Å². The number of carbonyl (C=O) groups is 1. The van der Waals surface area contributed by atoms with Crippen LogP contribution in [0, 0.1) is 19.7 Å². The van der Waals surface area contributed by atoms with Crippen LogP contribution in [0.15, 0.2) is 22.6 Å². The van der Waals surface area contributed by atoms with Gasteiger partial charge in [0.2, 0.25) is 0 Å². The summed E-state index contributed by atoms with van der Waals surface area (Å²) in [6.45, 7) is 3.66. The Morgan fingerprint density at radius 3 is 2.68 bits per heavy atom. The summed E-state index contributed by atoms with van der Waals surface area (Å²) in [5.41, 5.74) is -0.485. The molecule has 0 radical (unpaired) electrons. The van der Waals surface area contributed by atoms with Crippen LogP contribution in [0.25, 0.3) is 0 Å². The summed E-state index contributed by atoms with van der Waals surface area (Å²) in [5.74, 6) is -0.756. The normalized spacial score (nSPS) is 11.0. The lowest BCUT2D eigenvalue weighted by Gasteiger charge is -2.08. The van der Waals surface area contributed by atoms with Crippen molar-refractivity contribution in [1.29, 1.82) is 0 Å². The van der Waals surface area contributed by atoms with Crippen molar-refractivity contribution in [3.63, 3.8) is 0 Å². The van der Waals surface area contributed by atoms with E-state index in [2.05, 4.69) is 10.3 Å². The van der Waals surface area contributed by atoms with Crippen molar-refractivity contribution in [2.45, 2.75) is 26.7 Å². The summed E-state index contributed by atoms with van der Waals surface area (Å²) in [7, 11) is 0. The van der Waals surface area contributed by atoms with Crippen molar-refractivity contribution >= 4 is 5.91 Å². The molecule has 0 bridgehead atoms. The Balaban J connectivity index is 2.01. The van der Waals surface area contributed by atoms with Crippen molar-refractivity contribution in [1.82, 2.24) is 10.3 Å². The lowest BCUT2D eigenvalue weighted by molar-refractivity contribution is 0.0948. The standard InChI is InChI=1S/C15H15F3N2O2/c1-8-12(20-9(2)22-8)6-7-19-15(21)11-5-3-4-10(13(11)16)14(17)18/h3-5,14H,6-7H2,1-2H3,(H,19,21). The average Bonchev–Trinajstić information content (AvgIpc) is 2.76. The van der Waals surface area contributed by atoms with Gasteiger partial charge in [0.25, 0.3) is 12.3 Å². The highest BCUT2D eigenvalue weighted by molar-refractivity contribution is 5.94. The van der Waals surface area contributed by atoms with Crippen molar-refractivity contribution in [2.75, 3.05) is 6.54 Å². The Kier molecular flexibility index (Phi) is 4.85. The van der Waals surface area contributed by atoms with E-state index >= 15 is 0 Å². The SMILES string of the molecule is Cc1nc(CCNC(=O)c2cccc(C(F)F)c2F)c(C)o1. The molecule has 4 nitrogen and oxygen atoms in total. The molecule has 0 fully saturated rings. The molecule has 0 unspecified atom stereocenters. The van der Waals surface area contributed by atoms with E-state index in [0.29, 0.717) is 23.8 Å². The second kappa shape index (κ2) is 6.64. The molecule has 0 atom stereocenters. The highest BCUT2D eigenvalue weighted by Crippen LogP contribution is 2.23. The maximum Gasteiger partial charge on any atom is 0.266 e. The van der Waals surface area contributed by atoms with Crippen LogP contribution in [0.1, 0.15) is 39.7 Å². The third-order valence-electron chi connectivity index (χ3n) is 3.16. The summed E-state index contributed by atoms with van der Waals surface area (Å²) in [4.78, 5) is 16.0. The third-order valence-corrected chi connectivity index (χ3v) is 3.16. The lowest BCUT2D eigenvalue weighted by atomic mass is 10.1. The Bertz CT molecular complexity index is 683. The monoisotopic (exact) mass is 312 g/mol. The molecule has 22 heavy (non-hydrogen) atoms. The zero-order chi connectivity index (χ0) is 16.3. The molecule has 118 valence electrons. The van der Waals surface area contributed by atoms with E-state index in [9.17, 15) is 18.0 Å². The summed E-state index contributed by atoms with van der Waals surface area (Å²) >= 11 is 0. The highest BCUT2D eigenvalue weighted by Gasteiger charge is 2.20. The molecule has 1 aromatic heterocycles. The molecule has 0 aliphatic heterocycles. The maximum absolute atomic E-state index is 13.8. The van der Waals surface area contributed by atoms with Crippen LogP contribution in [-0.4, -0.2) is 17.4 Å². The summed E-state index contributed by atoms with van der Waals surface area (Å²) < 4.78 is 44.3. The molecule has 0 aliphatic carbocycles. The summed E-state index contributed by atoms with van der Waals surface area (Å²) in [6, 6.07) is 3.35. The first-order valence-corrected chi connectivity index (χ1v) is 6.67. The number of carbonyl (C=O) groups excluding carboxylic acids is 1. The number of amides is 1. The van der Waals surface area contributed by atoms with Crippen molar-refractivity contribution < 1.29 is 22.4 Å². The van der Waals surface area contributed by atoms with Crippen LogP contribution >= 0.6 is 0 Å². The first-order chi connectivity index (χ1) is 10.4. The van der Waals surface area contributed by atoms with Gasteiger partial charge in [-0.25, -0.2) is 18.2 Å². The molecule has 1 aromatic carbocycles. The van der Waals surface area contributed by atoms with Crippen LogP contribution in [0.3, 0.4) is 0 Å². The number of nitrogens with zero attached hydrogens (tertiary/aromatic N) is 1. The lowest BCUT2D eigenvalue weighted by Crippen LogP contribution is -2.27. The molecule has 7 heteroatoms. The highest BCUT2D eigenvalue weighted by atomic mass is 19.3. The molecular weight excluding hydrogens is 297 g/mol. The molecule has 0 aliphatic rings. The van der Waals surface area contributed by atoms with E-state index in [1.165, 1.54) is 12.1 Å². The number of rotatable bonds is 5.